The molecule has 0 spiro atoms. The Morgan fingerprint density at radius 3 is 2.27 bits per heavy atom. The first kappa shape index (κ1) is 20.3. The molecule has 138 valence electrons. The van der Waals surface area contributed by atoms with Crippen LogP contribution in [0.5, 0.6) is 5.75 Å². The van der Waals surface area contributed by atoms with Gasteiger partial charge in [0.05, 0.1) is 11.3 Å². The smallest absolute Gasteiger partial charge is 0.329 e. The molecule has 1 atom stereocenters. The summed E-state index contributed by atoms with van der Waals surface area (Å²) in [4.78, 5) is 26.9. The fraction of sp³-hybridized carbons (Fsp3) is 0.188. The standard InChI is InChI=1S/C16H13Cl3N2O5/c17-16(18,19)15(25-13-8-6-12(7-9-13)21(23)24)20-26-14(22)10-11-4-2-1-3-5-11/h1-9,15,20H,10H2. The zero-order valence-corrected chi connectivity index (χ0v) is 15.4. The quantitative estimate of drug-likeness (QED) is 0.316. The minimum Gasteiger partial charge on any atom is -0.468 e. The van der Waals surface area contributed by atoms with Gasteiger partial charge < -0.3 is 9.57 Å². The van der Waals surface area contributed by atoms with Crippen molar-refractivity contribution < 1.29 is 19.3 Å². The second-order valence-electron chi connectivity index (χ2n) is 5.04. The van der Waals surface area contributed by atoms with Gasteiger partial charge in [-0.2, -0.15) is 0 Å². The summed E-state index contributed by atoms with van der Waals surface area (Å²) in [6.07, 6.45) is -1.33. The first-order valence-electron chi connectivity index (χ1n) is 7.22. The number of rotatable bonds is 7. The molecule has 10 heteroatoms. The van der Waals surface area contributed by atoms with Gasteiger partial charge in [-0.25, -0.2) is 0 Å². The Morgan fingerprint density at radius 1 is 1.12 bits per heavy atom. The number of halogens is 3. The van der Waals surface area contributed by atoms with E-state index in [1.165, 1.54) is 24.3 Å². The molecule has 0 bridgehead atoms. The van der Waals surface area contributed by atoms with Crippen LogP contribution in [0.1, 0.15) is 5.56 Å². The molecule has 1 N–H and O–H groups in total. The molecular formula is C16H13Cl3N2O5. The number of hydrogen-bond acceptors (Lipinski definition) is 6. The van der Waals surface area contributed by atoms with Gasteiger partial charge in [0.2, 0.25) is 10.0 Å². The molecule has 0 aliphatic carbocycles. The third-order valence-corrected chi connectivity index (χ3v) is 3.66. The Labute approximate surface area is 163 Å². The van der Waals surface area contributed by atoms with Crippen molar-refractivity contribution >= 4 is 46.5 Å². The number of alkyl halides is 3. The van der Waals surface area contributed by atoms with Crippen LogP contribution >= 0.6 is 34.8 Å². The highest BCUT2D eigenvalue weighted by Crippen LogP contribution is 2.32. The number of hydrogen-bond donors (Lipinski definition) is 1. The van der Waals surface area contributed by atoms with Crippen molar-refractivity contribution in [1.29, 1.82) is 0 Å². The summed E-state index contributed by atoms with van der Waals surface area (Å²) in [6, 6.07) is 14.0. The van der Waals surface area contributed by atoms with Gasteiger partial charge in [-0.3, -0.25) is 14.9 Å². The molecule has 0 fully saturated rings. The van der Waals surface area contributed by atoms with Crippen LogP contribution in [0, 0.1) is 10.1 Å². The van der Waals surface area contributed by atoms with Crippen molar-refractivity contribution in [2.45, 2.75) is 16.4 Å². The first-order chi connectivity index (χ1) is 12.3. The van der Waals surface area contributed by atoms with Crippen molar-refractivity contribution in [3.05, 3.63) is 70.3 Å². The topological polar surface area (TPSA) is 90.7 Å². The molecule has 7 nitrogen and oxygen atoms in total. The molecule has 26 heavy (non-hydrogen) atoms. The van der Waals surface area contributed by atoms with Gasteiger partial charge in [0.25, 0.3) is 5.69 Å². The van der Waals surface area contributed by atoms with E-state index in [0.717, 1.165) is 5.56 Å². The number of benzene rings is 2. The predicted octanol–water partition coefficient (Wildman–Crippen LogP) is 3.96. The van der Waals surface area contributed by atoms with Crippen molar-refractivity contribution in [2.24, 2.45) is 0 Å². The van der Waals surface area contributed by atoms with Crippen molar-refractivity contribution in [2.75, 3.05) is 0 Å². The van der Waals surface area contributed by atoms with Gasteiger partial charge in [0.15, 0.2) is 0 Å². The number of carbonyl (C=O) groups excluding carboxylic acids is 1. The highest BCUT2D eigenvalue weighted by atomic mass is 35.6. The summed E-state index contributed by atoms with van der Waals surface area (Å²) < 4.78 is 3.43. The highest BCUT2D eigenvalue weighted by molar-refractivity contribution is 6.68. The predicted molar refractivity (Wildman–Crippen MR) is 97.2 cm³/mol. The van der Waals surface area contributed by atoms with Crippen molar-refractivity contribution in [3.8, 4) is 5.75 Å². The largest absolute Gasteiger partial charge is 0.468 e. The van der Waals surface area contributed by atoms with E-state index in [0.29, 0.717) is 0 Å². The van der Waals surface area contributed by atoms with Crippen LogP contribution in [0.4, 0.5) is 5.69 Å². The van der Waals surface area contributed by atoms with E-state index >= 15 is 0 Å². The molecule has 0 saturated heterocycles. The number of nitrogens with one attached hydrogen (secondary N) is 1. The number of hydroxylamine groups is 1. The third-order valence-electron chi connectivity index (χ3n) is 3.07. The van der Waals surface area contributed by atoms with Gasteiger partial charge in [0, 0.05) is 12.1 Å². The summed E-state index contributed by atoms with van der Waals surface area (Å²) >= 11 is 17.5. The Hall–Kier alpha value is -2.06. The summed E-state index contributed by atoms with van der Waals surface area (Å²) in [5, 5.41) is 10.7. The lowest BCUT2D eigenvalue weighted by atomic mass is 10.2. The van der Waals surface area contributed by atoms with E-state index in [1.807, 2.05) is 6.07 Å². The van der Waals surface area contributed by atoms with Crippen LogP contribution in [0.15, 0.2) is 54.6 Å². The maximum absolute atomic E-state index is 11.9. The Bertz CT molecular complexity index is 751. The summed E-state index contributed by atoms with van der Waals surface area (Å²) in [7, 11) is 0. The fourth-order valence-corrected chi connectivity index (χ4v) is 2.13. The summed E-state index contributed by atoms with van der Waals surface area (Å²) in [6.45, 7) is 0. The van der Waals surface area contributed by atoms with Gasteiger partial charge in [-0.05, 0) is 17.7 Å². The molecule has 0 aliphatic heterocycles. The highest BCUT2D eigenvalue weighted by Gasteiger charge is 2.36. The Kier molecular flexibility index (Phi) is 7.05. The van der Waals surface area contributed by atoms with E-state index in [9.17, 15) is 14.9 Å². The molecule has 0 radical (unpaired) electrons. The monoisotopic (exact) mass is 418 g/mol. The van der Waals surface area contributed by atoms with Crippen LogP contribution in [-0.2, 0) is 16.1 Å². The van der Waals surface area contributed by atoms with Crippen molar-refractivity contribution in [1.82, 2.24) is 5.48 Å². The number of nitro groups is 1. The fourth-order valence-electron chi connectivity index (χ4n) is 1.86. The number of non-ortho nitro benzene ring substituents is 1. The second kappa shape index (κ2) is 9.05. The molecule has 0 heterocycles. The van der Waals surface area contributed by atoms with Gasteiger partial charge in [0.1, 0.15) is 5.75 Å². The lowest BCUT2D eigenvalue weighted by molar-refractivity contribution is -0.384. The zero-order chi connectivity index (χ0) is 19.2. The van der Waals surface area contributed by atoms with Gasteiger partial charge >= 0.3 is 5.97 Å². The lowest BCUT2D eigenvalue weighted by Gasteiger charge is -2.25. The third kappa shape index (κ3) is 6.34. The average Bonchev–Trinajstić information content (AvgIpc) is 2.59. The summed E-state index contributed by atoms with van der Waals surface area (Å²) in [5.74, 6) is -0.429. The maximum atomic E-state index is 11.9. The number of nitro benzene ring substituents is 1. The lowest BCUT2D eigenvalue weighted by Crippen LogP contribution is -2.46. The minimum absolute atomic E-state index is 0.0119. The summed E-state index contributed by atoms with van der Waals surface area (Å²) in [5.41, 5.74) is 2.89. The molecule has 0 aromatic heterocycles. The average molecular weight is 420 g/mol. The molecule has 2 rings (SSSR count). The molecule has 2 aromatic carbocycles. The van der Waals surface area contributed by atoms with Crippen LogP contribution in [0.2, 0.25) is 0 Å². The SMILES string of the molecule is O=C(Cc1ccccc1)ONC(Oc1ccc([N+](=O)[O-])cc1)C(Cl)(Cl)Cl. The second-order valence-corrected chi connectivity index (χ2v) is 7.41. The molecule has 2 aromatic rings. The van der Waals surface area contributed by atoms with E-state index in [1.54, 1.807) is 24.3 Å². The first-order valence-corrected chi connectivity index (χ1v) is 8.36. The molecule has 0 aliphatic rings. The Morgan fingerprint density at radius 2 is 1.73 bits per heavy atom. The Balaban J connectivity index is 1.97. The molecular weight excluding hydrogens is 407 g/mol. The zero-order valence-electron chi connectivity index (χ0n) is 13.1. The number of nitrogens with zero attached hydrogens (tertiary/aromatic N) is 1. The van der Waals surface area contributed by atoms with Gasteiger partial charge in [-0.15, -0.1) is 5.48 Å². The van der Waals surface area contributed by atoms with Crippen LogP contribution in [0.3, 0.4) is 0 Å². The van der Waals surface area contributed by atoms with Crippen LogP contribution in [0.25, 0.3) is 0 Å². The number of carbonyl (C=O) groups is 1. The molecule has 1 unspecified atom stereocenters. The van der Waals surface area contributed by atoms with E-state index in [4.69, 9.17) is 44.4 Å². The van der Waals surface area contributed by atoms with E-state index in [2.05, 4.69) is 5.48 Å². The van der Waals surface area contributed by atoms with E-state index in [-0.39, 0.29) is 17.9 Å². The maximum Gasteiger partial charge on any atom is 0.329 e. The minimum atomic E-state index is -1.98. The molecule has 0 amide bonds. The van der Waals surface area contributed by atoms with Crippen molar-refractivity contribution in [3.63, 3.8) is 0 Å². The van der Waals surface area contributed by atoms with Crippen LogP contribution < -0.4 is 10.2 Å². The number of ether oxygens (including phenoxy) is 1. The normalized spacial score (nSPS) is 12.3. The van der Waals surface area contributed by atoms with E-state index < -0.39 is 20.9 Å². The van der Waals surface area contributed by atoms with Gasteiger partial charge in [-0.1, -0.05) is 65.1 Å². The van der Waals surface area contributed by atoms with Crippen LogP contribution in [-0.4, -0.2) is 20.9 Å². The molecule has 0 saturated carbocycles.